The van der Waals surface area contributed by atoms with Crippen molar-refractivity contribution >= 4 is 23.0 Å². The van der Waals surface area contributed by atoms with Gasteiger partial charge >= 0.3 is 0 Å². The third kappa shape index (κ3) is 3.74. The number of benzene rings is 1. The van der Waals surface area contributed by atoms with Crippen LogP contribution in [0.5, 0.6) is 0 Å². The van der Waals surface area contributed by atoms with Gasteiger partial charge in [-0.15, -0.1) is 11.3 Å². The van der Waals surface area contributed by atoms with E-state index in [-0.39, 0.29) is 17.7 Å². The van der Waals surface area contributed by atoms with Gasteiger partial charge < -0.3 is 9.64 Å². The minimum atomic E-state index is -0.00168. The number of hydrogen-bond acceptors (Lipinski definition) is 4. The van der Waals surface area contributed by atoms with Crippen LogP contribution in [-0.4, -0.2) is 36.3 Å². The van der Waals surface area contributed by atoms with Gasteiger partial charge in [0, 0.05) is 31.7 Å². The second kappa shape index (κ2) is 7.73. The normalized spacial score (nSPS) is 17.2. The van der Waals surface area contributed by atoms with E-state index in [1.54, 1.807) is 7.11 Å². The second-order valence-corrected chi connectivity index (χ2v) is 6.98. The maximum atomic E-state index is 12.9. The molecule has 4 nitrogen and oxygen atoms in total. The lowest BCUT2D eigenvalue weighted by molar-refractivity contribution is 0.0717. The van der Waals surface area contributed by atoms with Crippen molar-refractivity contribution in [3.8, 4) is 0 Å². The molecule has 0 N–H and O–H groups in total. The minimum absolute atomic E-state index is 0.00168. The highest BCUT2D eigenvalue weighted by atomic mass is 32.1. The van der Waals surface area contributed by atoms with Gasteiger partial charge in [0.1, 0.15) is 0 Å². The highest BCUT2D eigenvalue weighted by Gasteiger charge is 2.31. The Morgan fingerprint density at radius 1 is 1.29 bits per heavy atom. The SMILES string of the molecule is COCc1cccc(C(=O)N2CCCC2CC(=O)c2cccs2)c1. The molecule has 3 rings (SSSR count). The molecule has 1 saturated heterocycles. The van der Waals surface area contributed by atoms with Crippen LogP contribution in [0.4, 0.5) is 0 Å². The molecular formula is C19H21NO3S. The third-order valence-electron chi connectivity index (χ3n) is 4.34. The Bertz CT molecular complexity index is 711. The summed E-state index contributed by atoms with van der Waals surface area (Å²) in [6.07, 6.45) is 2.25. The van der Waals surface area contributed by atoms with E-state index in [1.807, 2.05) is 46.7 Å². The molecule has 2 heterocycles. The number of likely N-dealkylation sites (tertiary alicyclic amines) is 1. The summed E-state index contributed by atoms with van der Waals surface area (Å²) in [5, 5.41) is 1.91. The van der Waals surface area contributed by atoms with Crippen molar-refractivity contribution in [2.45, 2.75) is 31.9 Å². The van der Waals surface area contributed by atoms with E-state index in [2.05, 4.69) is 0 Å². The van der Waals surface area contributed by atoms with Crippen LogP contribution in [0.2, 0.25) is 0 Å². The molecular weight excluding hydrogens is 322 g/mol. The molecule has 24 heavy (non-hydrogen) atoms. The lowest BCUT2D eigenvalue weighted by Gasteiger charge is -2.24. The standard InChI is InChI=1S/C19H21NO3S/c1-23-13-14-5-2-6-15(11-14)19(22)20-9-3-7-16(20)12-17(21)18-8-4-10-24-18/h2,4-6,8,10-11,16H,3,7,9,12-13H2,1H3. The van der Waals surface area contributed by atoms with Crippen LogP contribution < -0.4 is 0 Å². The maximum Gasteiger partial charge on any atom is 0.254 e. The fourth-order valence-electron chi connectivity index (χ4n) is 3.19. The van der Waals surface area contributed by atoms with Crippen LogP contribution >= 0.6 is 11.3 Å². The first-order chi connectivity index (χ1) is 11.7. The number of ketones is 1. The molecule has 1 aromatic carbocycles. The quantitative estimate of drug-likeness (QED) is 0.750. The van der Waals surface area contributed by atoms with Gasteiger partial charge in [-0.2, -0.15) is 0 Å². The van der Waals surface area contributed by atoms with Crippen molar-refractivity contribution in [1.29, 1.82) is 0 Å². The fraction of sp³-hybridized carbons (Fsp3) is 0.368. The van der Waals surface area contributed by atoms with Crippen molar-refractivity contribution in [2.75, 3.05) is 13.7 Å². The van der Waals surface area contributed by atoms with Gasteiger partial charge in [-0.25, -0.2) is 0 Å². The van der Waals surface area contributed by atoms with Crippen molar-refractivity contribution in [3.63, 3.8) is 0 Å². The topological polar surface area (TPSA) is 46.6 Å². The summed E-state index contributed by atoms with van der Waals surface area (Å²) in [6, 6.07) is 11.3. The molecule has 1 aliphatic heterocycles. The number of methoxy groups -OCH3 is 1. The summed E-state index contributed by atoms with van der Waals surface area (Å²) >= 11 is 1.46. The fourth-order valence-corrected chi connectivity index (χ4v) is 3.87. The largest absolute Gasteiger partial charge is 0.380 e. The first kappa shape index (κ1) is 16.9. The summed E-state index contributed by atoms with van der Waals surface area (Å²) in [6.45, 7) is 1.21. The molecule has 5 heteroatoms. The molecule has 1 aliphatic rings. The molecule has 1 amide bonds. The highest BCUT2D eigenvalue weighted by Crippen LogP contribution is 2.25. The van der Waals surface area contributed by atoms with Crippen LogP contribution in [0.25, 0.3) is 0 Å². The second-order valence-electron chi connectivity index (χ2n) is 6.03. The zero-order chi connectivity index (χ0) is 16.9. The van der Waals surface area contributed by atoms with Gasteiger partial charge in [-0.05, 0) is 42.0 Å². The van der Waals surface area contributed by atoms with Crippen molar-refractivity contribution < 1.29 is 14.3 Å². The van der Waals surface area contributed by atoms with Gasteiger partial charge in [-0.1, -0.05) is 18.2 Å². The molecule has 1 unspecified atom stereocenters. The van der Waals surface area contributed by atoms with Gasteiger partial charge in [0.25, 0.3) is 5.91 Å². The number of thiophene rings is 1. The van der Waals surface area contributed by atoms with Gasteiger partial charge in [-0.3, -0.25) is 9.59 Å². The van der Waals surface area contributed by atoms with E-state index in [0.29, 0.717) is 18.6 Å². The van der Waals surface area contributed by atoms with Crippen LogP contribution in [-0.2, 0) is 11.3 Å². The lowest BCUT2D eigenvalue weighted by Crippen LogP contribution is -2.36. The van der Waals surface area contributed by atoms with Crippen LogP contribution in [0, 0.1) is 0 Å². The van der Waals surface area contributed by atoms with Gasteiger partial charge in [0.2, 0.25) is 0 Å². The zero-order valence-electron chi connectivity index (χ0n) is 13.7. The Morgan fingerprint density at radius 3 is 2.92 bits per heavy atom. The monoisotopic (exact) mass is 343 g/mol. The van der Waals surface area contributed by atoms with Gasteiger partial charge in [0.05, 0.1) is 11.5 Å². The summed E-state index contributed by atoms with van der Waals surface area (Å²) < 4.78 is 5.13. The predicted octanol–water partition coefficient (Wildman–Crippen LogP) is 3.77. The molecule has 1 fully saturated rings. The lowest BCUT2D eigenvalue weighted by atomic mass is 10.1. The average Bonchev–Trinajstić information content (AvgIpc) is 3.26. The Morgan fingerprint density at radius 2 is 2.17 bits per heavy atom. The van der Waals surface area contributed by atoms with E-state index in [4.69, 9.17) is 4.74 Å². The summed E-state index contributed by atoms with van der Waals surface area (Å²) in [5.74, 6) is 0.136. The first-order valence-electron chi connectivity index (χ1n) is 8.14. The van der Waals surface area contributed by atoms with Crippen molar-refractivity contribution in [3.05, 3.63) is 57.8 Å². The van der Waals surface area contributed by atoms with E-state index in [0.717, 1.165) is 29.8 Å². The molecule has 0 aliphatic carbocycles. The number of carbonyl (C=O) groups is 2. The van der Waals surface area contributed by atoms with Gasteiger partial charge in [0.15, 0.2) is 5.78 Å². The minimum Gasteiger partial charge on any atom is -0.380 e. The zero-order valence-corrected chi connectivity index (χ0v) is 14.6. The third-order valence-corrected chi connectivity index (χ3v) is 5.25. The number of amides is 1. The molecule has 2 aromatic rings. The molecule has 0 saturated carbocycles. The Kier molecular flexibility index (Phi) is 5.43. The number of ether oxygens (including phenoxy) is 1. The Labute approximate surface area is 146 Å². The van der Waals surface area contributed by atoms with E-state index < -0.39 is 0 Å². The van der Waals surface area contributed by atoms with Crippen LogP contribution in [0.3, 0.4) is 0 Å². The summed E-state index contributed by atoms with van der Waals surface area (Å²) in [4.78, 5) is 27.9. The number of rotatable bonds is 6. The highest BCUT2D eigenvalue weighted by molar-refractivity contribution is 7.12. The molecule has 126 valence electrons. The molecule has 1 atom stereocenters. The first-order valence-corrected chi connectivity index (χ1v) is 9.02. The van der Waals surface area contributed by atoms with Crippen molar-refractivity contribution in [2.24, 2.45) is 0 Å². The number of nitrogens with zero attached hydrogens (tertiary/aromatic N) is 1. The predicted molar refractivity (Wildman–Crippen MR) is 94.5 cm³/mol. The van der Waals surface area contributed by atoms with Crippen LogP contribution in [0.1, 0.15) is 44.9 Å². The van der Waals surface area contributed by atoms with E-state index >= 15 is 0 Å². The summed E-state index contributed by atoms with van der Waals surface area (Å²) in [5.41, 5.74) is 1.65. The summed E-state index contributed by atoms with van der Waals surface area (Å²) in [7, 11) is 1.64. The maximum absolute atomic E-state index is 12.9. The van der Waals surface area contributed by atoms with Crippen molar-refractivity contribution in [1.82, 2.24) is 4.90 Å². The van der Waals surface area contributed by atoms with Crippen LogP contribution in [0.15, 0.2) is 41.8 Å². The van der Waals surface area contributed by atoms with E-state index in [9.17, 15) is 9.59 Å². The average molecular weight is 343 g/mol. The Balaban J connectivity index is 1.71. The smallest absolute Gasteiger partial charge is 0.254 e. The molecule has 0 bridgehead atoms. The number of hydrogen-bond donors (Lipinski definition) is 0. The van der Waals surface area contributed by atoms with E-state index in [1.165, 1.54) is 11.3 Å². The molecule has 0 spiro atoms. The number of carbonyl (C=O) groups excluding carboxylic acids is 2. The Hall–Kier alpha value is -1.98. The number of Topliss-reactive ketones (excluding diaryl/α,β-unsaturated/α-hetero) is 1. The molecule has 0 radical (unpaired) electrons. The molecule has 1 aromatic heterocycles.